The molecule has 0 spiro atoms. The predicted molar refractivity (Wildman–Crippen MR) is 72.8 cm³/mol. The fourth-order valence-corrected chi connectivity index (χ4v) is 2.64. The summed E-state index contributed by atoms with van der Waals surface area (Å²) in [6.07, 6.45) is -1.06. The quantitative estimate of drug-likeness (QED) is 0.926. The summed E-state index contributed by atoms with van der Waals surface area (Å²) in [7, 11) is 0. The summed E-state index contributed by atoms with van der Waals surface area (Å²) in [5.41, 5.74) is -0.0413. The van der Waals surface area contributed by atoms with Crippen LogP contribution in [0.25, 0.3) is 0 Å². The maximum atomic E-state index is 12.5. The summed E-state index contributed by atoms with van der Waals surface area (Å²) >= 11 is 0. The Morgan fingerprint density at radius 2 is 2.00 bits per heavy atom. The minimum Gasteiger partial charge on any atom is -0.367 e. The zero-order chi connectivity index (χ0) is 14.8. The maximum Gasteiger partial charge on any atom is 0.433 e. The van der Waals surface area contributed by atoms with Gasteiger partial charge in [-0.15, -0.1) is 0 Å². The first-order valence-corrected chi connectivity index (χ1v) is 6.93. The Bertz CT molecular complexity index is 438. The van der Waals surface area contributed by atoms with Crippen molar-refractivity contribution >= 4 is 5.69 Å². The molecule has 0 saturated carbocycles. The van der Waals surface area contributed by atoms with Crippen LogP contribution in [0.15, 0.2) is 18.3 Å². The lowest BCUT2D eigenvalue weighted by molar-refractivity contribution is -0.141. The van der Waals surface area contributed by atoms with Crippen molar-refractivity contribution in [2.24, 2.45) is 0 Å². The van der Waals surface area contributed by atoms with E-state index in [0.29, 0.717) is 0 Å². The molecule has 0 bridgehead atoms. The Kier molecular flexibility index (Phi) is 4.22. The van der Waals surface area contributed by atoms with E-state index in [1.54, 1.807) is 0 Å². The lowest BCUT2D eigenvalue weighted by Gasteiger charge is -2.44. The zero-order valence-electron chi connectivity index (χ0n) is 11.8. The average Bonchev–Trinajstić information content (AvgIpc) is 2.46. The van der Waals surface area contributed by atoms with Crippen LogP contribution in [0.1, 0.15) is 32.4 Å². The minimum absolute atomic E-state index is 0.0426. The van der Waals surface area contributed by atoms with Gasteiger partial charge in [-0.2, -0.15) is 13.2 Å². The van der Waals surface area contributed by atoms with Crippen molar-refractivity contribution in [2.45, 2.75) is 38.4 Å². The number of pyridine rings is 1. The van der Waals surface area contributed by atoms with Crippen LogP contribution in [0.5, 0.6) is 0 Å². The molecule has 1 N–H and O–H groups in total. The second-order valence-corrected chi connectivity index (χ2v) is 5.24. The molecule has 0 aromatic carbocycles. The Hall–Kier alpha value is -1.30. The average molecular weight is 287 g/mol. The van der Waals surface area contributed by atoms with E-state index in [4.69, 9.17) is 0 Å². The van der Waals surface area contributed by atoms with E-state index in [1.807, 2.05) is 0 Å². The van der Waals surface area contributed by atoms with E-state index < -0.39 is 11.9 Å². The summed E-state index contributed by atoms with van der Waals surface area (Å²) in [4.78, 5) is 5.65. The maximum absolute atomic E-state index is 12.5. The molecule has 1 aromatic rings. The molecule has 0 amide bonds. The fraction of sp³-hybridized carbons (Fsp3) is 0.643. The number of hydrogen-bond donors (Lipinski definition) is 1. The van der Waals surface area contributed by atoms with Crippen molar-refractivity contribution in [3.63, 3.8) is 0 Å². The number of nitrogens with zero attached hydrogens (tertiary/aromatic N) is 2. The molecule has 6 heteroatoms. The van der Waals surface area contributed by atoms with Gasteiger partial charge in [0.05, 0.1) is 11.9 Å². The number of halogens is 3. The standard InChI is InChI=1S/C14H20F3N3/c1-3-13(4-2)10-20(8-7-19-13)11-5-6-12(18-9-11)14(15,16)17/h5-6,9,19H,3-4,7-8,10H2,1-2H3. The van der Waals surface area contributed by atoms with Crippen LogP contribution >= 0.6 is 0 Å². The molecule has 1 fully saturated rings. The number of nitrogens with one attached hydrogen (secondary N) is 1. The van der Waals surface area contributed by atoms with Gasteiger partial charge in [-0.25, -0.2) is 4.98 Å². The van der Waals surface area contributed by atoms with Crippen LogP contribution in [-0.4, -0.2) is 30.2 Å². The van der Waals surface area contributed by atoms with E-state index in [9.17, 15) is 13.2 Å². The highest BCUT2D eigenvalue weighted by molar-refractivity contribution is 5.46. The number of rotatable bonds is 3. The lowest BCUT2D eigenvalue weighted by atomic mass is 9.90. The number of anilines is 1. The van der Waals surface area contributed by atoms with Gasteiger partial charge in [-0.3, -0.25) is 0 Å². The summed E-state index contributed by atoms with van der Waals surface area (Å²) in [6, 6.07) is 2.56. The number of alkyl halides is 3. The van der Waals surface area contributed by atoms with Crippen molar-refractivity contribution in [1.82, 2.24) is 10.3 Å². The number of aromatic nitrogens is 1. The third kappa shape index (κ3) is 3.06. The van der Waals surface area contributed by atoms with Crippen LogP contribution in [0, 0.1) is 0 Å². The van der Waals surface area contributed by atoms with Crippen LogP contribution in [-0.2, 0) is 6.18 Å². The molecule has 1 aromatic heterocycles. The predicted octanol–water partition coefficient (Wildman–Crippen LogP) is 3.07. The molecule has 0 aliphatic carbocycles. The second-order valence-electron chi connectivity index (χ2n) is 5.24. The molecule has 1 saturated heterocycles. The van der Waals surface area contributed by atoms with Crippen molar-refractivity contribution in [2.75, 3.05) is 24.5 Å². The van der Waals surface area contributed by atoms with Gasteiger partial charge in [0.1, 0.15) is 5.69 Å². The highest BCUT2D eigenvalue weighted by Gasteiger charge is 2.34. The normalized spacial score (nSPS) is 19.1. The van der Waals surface area contributed by atoms with Gasteiger partial charge in [-0.05, 0) is 25.0 Å². The molecule has 1 aliphatic heterocycles. The van der Waals surface area contributed by atoms with Gasteiger partial charge >= 0.3 is 6.18 Å². The molecule has 20 heavy (non-hydrogen) atoms. The van der Waals surface area contributed by atoms with E-state index >= 15 is 0 Å². The topological polar surface area (TPSA) is 28.2 Å². The number of piperazine rings is 1. The fourth-order valence-electron chi connectivity index (χ4n) is 2.64. The second kappa shape index (κ2) is 5.60. The smallest absolute Gasteiger partial charge is 0.367 e. The largest absolute Gasteiger partial charge is 0.433 e. The molecule has 3 nitrogen and oxygen atoms in total. The number of hydrogen-bond acceptors (Lipinski definition) is 3. The van der Waals surface area contributed by atoms with Crippen molar-refractivity contribution in [3.8, 4) is 0 Å². The molecule has 0 radical (unpaired) electrons. The van der Waals surface area contributed by atoms with Gasteiger partial charge in [0, 0.05) is 25.2 Å². The Labute approximate surface area is 117 Å². The van der Waals surface area contributed by atoms with Crippen molar-refractivity contribution in [1.29, 1.82) is 0 Å². The highest BCUT2D eigenvalue weighted by Crippen LogP contribution is 2.29. The summed E-state index contributed by atoms with van der Waals surface area (Å²) in [6.45, 7) is 6.68. The van der Waals surface area contributed by atoms with E-state index in [2.05, 4.69) is 29.0 Å². The van der Waals surface area contributed by atoms with E-state index in [0.717, 1.165) is 44.2 Å². The van der Waals surface area contributed by atoms with Crippen LogP contribution in [0.4, 0.5) is 18.9 Å². The van der Waals surface area contributed by atoms with Gasteiger partial charge in [-0.1, -0.05) is 13.8 Å². The van der Waals surface area contributed by atoms with Crippen molar-refractivity contribution < 1.29 is 13.2 Å². The Morgan fingerprint density at radius 1 is 1.30 bits per heavy atom. The van der Waals surface area contributed by atoms with Gasteiger partial charge in [0.25, 0.3) is 0 Å². The van der Waals surface area contributed by atoms with Crippen LogP contribution in [0.3, 0.4) is 0 Å². The van der Waals surface area contributed by atoms with E-state index in [-0.39, 0.29) is 5.54 Å². The summed E-state index contributed by atoms with van der Waals surface area (Å²) < 4.78 is 37.5. The molecule has 0 unspecified atom stereocenters. The SMILES string of the molecule is CCC1(CC)CN(c2ccc(C(F)(F)F)nc2)CCN1. The monoisotopic (exact) mass is 287 g/mol. The summed E-state index contributed by atoms with van der Waals surface area (Å²) in [5, 5.41) is 3.53. The zero-order valence-corrected chi connectivity index (χ0v) is 11.8. The Morgan fingerprint density at radius 3 is 2.50 bits per heavy atom. The van der Waals surface area contributed by atoms with Crippen molar-refractivity contribution in [3.05, 3.63) is 24.0 Å². The first-order valence-electron chi connectivity index (χ1n) is 6.93. The summed E-state index contributed by atoms with van der Waals surface area (Å²) in [5.74, 6) is 0. The van der Waals surface area contributed by atoms with Gasteiger partial charge in [0.2, 0.25) is 0 Å². The molecule has 1 aliphatic rings. The molecular formula is C14H20F3N3. The lowest BCUT2D eigenvalue weighted by Crippen LogP contribution is -2.60. The molecule has 112 valence electrons. The molecule has 2 rings (SSSR count). The van der Waals surface area contributed by atoms with Crippen LogP contribution in [0.2, 0.25) is 0 Å². The molecular weight excluding hydrogens is 267 g/mol. The first kappa shape index (κ1) is 15.1. The third-order valence-electron chi connectivity index (χ3n) is 4.13. The van der Waals surface area contributed by atoms with Gasteiger partial charge in [0.15, 0.2) is 0 Å². The van der Waals surface area contributed by atoms with E-state index in [1.165, 1.54) is 12.3 Å². The highest BCUT2D eigenvalue weighted by atomic mass is 19.4. The third-order valence-corrected chi connectivity index (χ3v) is 4.13. The van der Waals surface area contributed by atoms with Crippen LogP contribution < -0.4 is 10.2 Å². The first-order chi connectivity index (χ1) is 9.40. The molecule has 0 atom stereocenters. The minimum atomic E-state index is -4.38. The van der Waals surface area contributed by atoms with Gasteiger partial charge < -0.3 is 10.2 Å². The Balaban J connectivity index is 2.15. The molecule has 2 heterocycles.